The zero-order valence-electron chi connectivity index (χ0n) is 17.1. The molecule has 150 valence electrons. The number of piperazine rings is 1. The van der Waals surface area contributed by atoms with Gasteiger partial charge in [-0.1, -0.05) is 35.9 Å². The van der Waals surface area contributed by atoms with Crippen molar-refractivity contribution in [3.05, 3.63) is 65.5 Å². The lowest BCUT2D eigenvalue weighted by molar-refractivity contribution is -0.121. The fraction of sp³-hybridized carbons (Fsp3) is 0.478. The highest BCUT2D eigenvalue weighted by atomic mass is 16.1. The van der Waals surface area contributed by atoms with Gasteiger partial charge < -0.3 is 10.2 Å². The molecule has 2 aromatic rings. The van der Waals surface area contributed by atoms with E-state index in [2.05, 4.69) is 64.4 Å². The summed E-state index contributed by atoms with van der Waals surface area (Å²) in [7, 11) is 2.17. The number of hydrogen-bond acceptors (Lipinski definition) is 4. The highest BCUT2D eigenvalue weighted by molar-refractivity contribution is 5.75. The summed E-state index contributed by atoms with van der Waals surface area (Å²) in [6.45, 7) is 6.98. The molecule has 1 aromatic carbocycles. The van der Waals surface area contributed by atoms with Crippen molar-refractivity contribution >= 4 is 5.91 Å². The summed E-state index contributed by atoms with van der Waals surface area (Å²) in [4.78, 5) is 21.4. The Kier molecular flexibility index (Phi) is 7.57. The summed E-state index contributed by atoms with van der Waals surface area (Å²) < 4.78 is 0. The van der Waals surface area contributed by atoms with Crippen LogP contribution in [0.25, 0.3) is 0 Å². The molecular formula is C23H32N4O. The van der Waals surface area contributed by atoms with Crippen LogP contribution in [0.1, 0.15) is 35.6 Å². The summed E-state index contributed by atoms with van der Waals surface area (Å²) in [5.41, 5.74) is 3.73. The van der Waals surface area contributed by atoms with Crippen molar-refractivity contribution in [1.29, 1.82) is 0 Å². The minimum Gasteiger partial charge on any atom is -0.354 e. The molecule has 28 heavy (non-hydrogen) atoms. The summed E-state index contributed by atoms with van der Waals surface area (Å²) in [6, 6.07) is 13.0. The molecule has 1 aromatic heterocycles. The van der Waals surface area contributed by atoms with Gasteiger partial charge in [-0.15, -0.1) is 0 Å². The van der Waals surface area contributed by atoms with Gasteiger partial charge in [0.05, 0.1) is 6.04 Å². The van der Waals surface area contributed by atoms with Crippen LogP contribution in [0.4, 0.5) is 0 Å². The van der Waals surface area contributed by atoms with Crippen LogP contribution < -0.4 is 5.32 Å². The van der Waals surface area contributed by atoms with Gasteiger partial charge in [-0.3, -0.25) is 14.7 Å². The van der Waals surface area contributed by atoms with Crippen LogP contribution in [0, 0.1) is 6.92 Å². The molecule has 0 bridgehead atoms. The lowest BCUT2D eigenvalue weighted by Crippen LogP contribution is -2.48. The lowest BCUT2D eigenvalue weighted by Gasteiger charge is -2.38. The summed E-state index contributed by atoms with van der Waals surface area (Å²) in [6.07, 6.45) is 5.94. The Morgan fingerprint density at radius 2 is 1.89 bits per heavy atom. The van der Waals surface area contributed by atoms with Gasteiger partial charge in [0.2, 0.25) is 5.91 Å². The second kappa shape index (κ2) is 10.3. The highest BCUT2D eigenvalue weighted by Gasteiger charge is 2.24. The van der Waals surface area contributed by atoms with E-state index in [1.165, 1.54) is 16.7 Å². The van der Waals surface area contributed by atoms with E-state index in [1.807, 2.05) is 12.3 Å². The van der Waals surface area contributed by atoms with Crippen LogP contribution in [0.2, 0.25) is 0 Å². The number of rotatable bonds is 8. The summed E-state index contributed by atoms with van der Waals surface area (Å²) in [5, 5.41) is 3.18. The van der Waals surface area contributed by atoms with Crippen molar-refractivity contribution in [3.8, 4) is 0 Å². The third-order valence-corrected chi connectivity index (χ3v) is 5.53. The number of likely N-dealkylation sites (N-methyl/N-ethyl adjacent to an activating group) is 1. The molecule has 1 saturated heterocycles. The van der Waals surface area contributed by atoms with E-state index in [-0.39, 0.29) is 11.9 Å². The number of nitrogens with one attached hydrogen (secondary N) is 1. The first-order valence-electron chi connectivity index (χ1n) is 10.3. The standard InChI is InChI=1S/C23H32N4O/c1-19-8-10-21(11-9-19)22(27-15-13-26(2)14-16-27)18-25-23(28)7-3-5-20-6-4-12-24-17-20/h4,6,8-12,17,22H,3,5,7,13-16,18H2,1-2H3,(H,25,28). The van der Waals surface area contributed by atoms with E-state index in [1.54, 1.807) is 6.20 Å². The van der Waals surface area contributed by atoms with E-state index in [4.69, 9.17) is 0 Å². The second-order valence-electron chi connectivity index (χ2n) is 7.78. The van der Waals surface area contributed by atoms with Gasteiger partial charge >= 0.3 is 0 Å². The number of aryl methyl sites for hydroxylation is 2. The molecule has 2 heterocycles. The number of aromatic nitrogens is 1. The second-order valence-corrected chi connectivity index (χ2v) is 7.78. The maximum absolute atomic E-state index is 12.4. The van der Waals surface area contributed by atoms with Crippen LogP contribution in [0.5, 0.6) is 0 Å². The maximum atomic E-state index is 12.4. The number of nitrogens with zero attached hydrogens (tertiary/aromatic N) is 3. The van der Waals surface area contributed by atoms with Crippen LogP contribution in [0.3, 0.4) is 0 Å². The number of pyridine rings is 1. The predicted octanol–water partition coefficient (Wildman–Crippen LogP) is 2.82. The van der Waals surface area contributed by atoms with Gasteiger partial charge in [-0.2, -0.15) is 0 Å². The highest BCUT2D eigenvalue weighted by Crippen LogP contribution is 2.22. The van der Waals surface area contributed by atoms with Crippen molar-refractivity contribution in [2.75, 3.05) is 39.8 Å². The lowest BCUT2D eigenvalue weighted by atomic mass is 10.0. The largest absolute Gasteiger partial charge is 0.354 e. The van der Waals surface area contributed by atoms with Crippen molar-refractivity contribution in [3.63, 3.8) is 0 Å². The first-order chi connectivity index (χ1) is 13.6. The molecule has 1 unspecified atom stereocenters. The number of amides is 1. The van der Waals surface area contributed by atoms with Gasteiger partial charge in [0.1, 0.15) is 0 Å². The van der Waals surface area contributed by atoms with Crippen LogP contribution >= 0.6 is 0 Å². The van der Waals surface area contributed by atoms with Crippen molar-refractivity contribution in [2.45, 2.75) is 32.2 Å². The van der Waals surface area contributed by atoms with E-state index < -0.39 is 0 Å². The zero-order chi connectivity index (χ0) is 19.8. The van der Waals surface area contributed by atoms with Crippen LogP contribution in [-0.2, 0) is 11.2 Å². The average molecular weight is 381 g/mol. The average Bonchev–Trinajstić information content (AvgIpc) is 2.71. The molecule has 1 atom stereocenters. The van der Waals surface area contributed by atoms with Crippen molar-refractivity contribution < 1.29 is 4.79 Å². The van der Waals surface area contributed by atoms with Crippen molar-refractivity contribution in [1.82, 2.24) is 20.1 Å². The molecule has 5 nitrogen and oxygen atoms in total. The van der Waals surface area contributed by atoms with Crippen LogP contribution in [0.15, 0.2) is 48.8 Å². The molecule has 0 spiro atoms. The summed E-state index contributed by atoms with van der Waals surface area (Å²) >= 11 is 0. The Labute approximate surface area is 168 Å². The summed E-state index contributed by atoms with van der Waals surface area (Å²) in [5.74, 6) is 0.134. The van der Waals surface area contributed by atoms with E-state index in [0.29, 0.717) is 13.0 Å². The fourth-order valence-corrected chi connectivity index (χ4v) is 3.68. The number of carbonyl (C=O) groups excluding carboxylic acids is 1. The molecule has 5 heteroatoms. The minimum absolute atomic E-state index is 0.134. The quantitative estimate of drug-likeness (QED) is 0.765. The smallest absolute Gasteiger partial charge is 0.220 e. The Bertz CT molecular complexity index is 724. The van der Waals surface area contributed by atoms with Gasteiger partial charge in [-0.25, -0.2) is 0 Å². The molecule has 0 aliphatic carbocycles. The third-order valence-electron chi connectivity index (χ3n) is 5.53. The van der Waals surface area contributed by atoms with E-state index in [0.717, 1.165) is 39.0 Å². The molecule has 3 rings (SSSR count). The molecule has 1 N–H and O–H groups in total. The Morgan fingerprint density at radius 3 is 2.57 bits per heavy atom. The molecule has 1 aliphatic rings. The third kappa shape index (κ3) is 6.14. The van der Waals surface area contributed by atoms with E-state index >= 15 is 0 Å². The first kappa shape index (κ1) is 20.5. The van der Waals surface area contributed by atoms with Crippen molar-refractivity contribution in [2.24, 2.45) is 0 Å². The Morgan fingerprint density at radius 1 is 1.14 bits per heavy atom. The SMILES string of the molecule is Cc1ccc(C(CNC(=O)CCCc2cccnc2)N2CCN(C)CC2)cc1. The molecule has 0 saturated carbocycles. The fourth-order valence-electron chi connectivity index (χ4n) is 3.68. The molecule has 1 amide bonds. The number of benzene rings is 1. The maximum Gasteiger partial charge on any atom is 0.220 e. The molecular weight excluding hydrogens is 348 g/mol. The van der Waals surface area contributed by atoms with Gasteiger partial charge in [0, 0.05) is 51.5 Å². The normalized spacial score (nSPS) is 16.6. The van der Waals surface area contributed by atoms with Crippen LogP contribution in [-0.4, -0.2) is 60.5 Å². The Balaban J connectivity index is 1.53. The molecule has 1 aliphatic heterocycles. The van der Waals surface area contributed by atoms with Gasteiger partial charge in [-0.05, 0) is 44.0 Å². The van der Waals surface area contributed by atoms with Gasteiger partial charge in [0.15, 0.2) is 0 Å². The predicted molar refractivity (Wildman–Crippen MR) is 113 cm³/mol. The topological polar surface area (TPSA) is 48.5 Å². The zero-order valence-corrected chi connectivity index (χ0v) is 17.1. The van der Waals surface area contributed by atoms with Gasteiger partial charge in [0.25, 0.3) is 0 Å². The first-order valence-corrected chi connectivity index (χ1v) is 10.3. The minimum atomic E-state index is 0.134. The van der Waals surface area contributed by atoms with E-state index in [9.17, 15) is 4.79 Å². The molecule has 0 radical (unpaired) electrons. The monoisotopic (exact) mass is 380 g/mol. The molecule has 1 fully saturated rings. The number of carbonyl (C=O) groups is 1. The number of hydrogen-bond donors (Lipinski definition) is 1. The Hall–Kier alpha value is -2.24.